The second kappa shape index (κ2) is 8.15. The van der Waals surface area contributed by atoms with E-state index < -0.39 is 0 Å². The molecule has 1 aliphatic rings. The molecule has 2 rings (SSSR count). The minimum atomic E-state index is -0.154. The van der Waals surface area contributed by atoms with Gasteiger partial charge in [0.2, 0.25) is 5.91 Å². The summed E-state index contributed by atoms with van der Waals surface area (Å²) in [7, 11) is 2.23. The fraction of sp³-hybridized carbons (Fsp3) is 0.588. The van der Waals surface area contributed by atoms with Crippen molar-refractivity contribution >= 4 is 5.91 Å². The molecule has 1 aliphatic carbocycles. The van der Waals surface area contributed by atoms with Gasteiger partial charge in [0.25, 0.3) is 0 Å². The lowest BCUT2D eigenvalue weighted by atomic mass is 10.1. The molecule has 4 nitrogen and oxygen atoms in total. The van der Waals surface area contributed by atoms with Crippen molar-refractivity contribution in [2.75, 3.05) is 7.05 Å². The molecule has 1 aromatic carbocycles. The highest BCUT2D eigenvalue weighted by atomic mass is 16.2. The molecular weight excluding hydrogens is 262 g/mol. The second-order valence-electron chi connectivity index (χ2n) is 6.12. The van der Waals surface area contributed by atoms with Crippen LogP contribution in [0.3, 0.4) is 0 Å². The minimum Gasteiger partial charge on any atom is -0.299 e. The number of carbonyl (C=O) groups excluding carboxylic acids is 1. The molecule has 1 saturated carbocycles. The third-order valence-electron chi connectivity index (χ3n) is 4.43. The van der Waals surface area contributed by atoms with Crippen molar-refractivity contribution in [3.63, 3.8) is 0 Å². The zero-order valence-corrected chi connectivity index (χ0v) is 13.0. The van der Waals surface area contributed by atoms with Gasteiger partial charge < -0.3 is 0 Å². The van der Waals surface area contributed by atoms with E-state index in [1.807, 2.05) is 12.1 Å². The van der Waals surface area contributed by atoms with Crippen molar-refractivity contribution in [1.82, 2.24) is 10.3 Å². The van der Waals surface area contributed by atoms with Crippen LogP contribution in [0.25, 0.3) is 0 Å². The van der Waals surface area contributed by atoms with Crippen LogP contribution in [-0.4, -0.2) is 23.9 Å². The molecule has 3 N–H and O–H groups in total. The molecule has 0 radical (unpaired) electrons. The van der Waals surface area contributed by atoms with E-state index in [4.69, 9.17) is 5.84 Å². The maximum Gasteiger partial charge on any atom is 0.238 e. The number of nitrogens with one attached hydrogen (secondary N) is 1. The number of nitrogens with zero attached hydrogens (tertiary/aromatic N) is 1. The third-order valence-corrected chi connectivity index (χ3v) is 4.43. The SMILES string of the molecule is CN(Cc1ccc(CC(=O)NN)cc1)C1CCCCCC1. The first-order valence-corrected chi connectivity index (χ1v) is 7.96. The summed E-state index contributed by atoms with van der Waals surface area (Å²) in [6.45, 7) is 0.980. The van der Waals surface area contributed by atoms with Crippen LogP contribution in [0, 0.1) is 0 Å². The molecule has 1 aromatic rings. The van der Waals surface area contributed by atoms with Crippen LogP contribution in [0.5, 0.6) is 0 Å². The average molecular weight is 289 g/mol. The van der Waals surface area contributed by atoms with Gasteiger partial charge in [-0.3, -0.25) is 15.1 Å². The van der Waals surface area contributed by atoms with Crippen molar-refractivity contribution in [3.05, 3.63) is 35.4 Å². The molecule has 0 bridgehead atoms. The number of benzene rings is 1. The first-order valence-electron chi connectivity index (χ1n) is 7.96. The van der Waals surface area contributed by atoms with E-state index in [-0.39, 0.29) is 5.91 Å². The lowest BCUT2D eigenvalue weighted by molar-refractivity contribution is -0.120. The fourth-order valence-corrected chi connectivity index (χ4v) is 3.11. The van der Waals surface area contributed by atoms with Crippen LogP contribution in [0.4, 0.5) is 0 Å². The van der Waals surface area contributed by atoms with E-state index in [1.54, 1.807) is 0 Å². The average Bonchev–Trinajstić information content (AvgIpc) is 2.78. The van der Waals surface area contributed by atoms with E-state index >= 15 is 0 Å². The van der Waals surface area contributed by atoms with E-state index in [0.29, 0.717) is 6.42 Å². The molecule has 4 heteroatoms. The predicted molar refractivity (Wildman–Crippen MR) is 85.4 cm³/mol. The minimum absolute atomic E-state index is 0.154. The number of hydrazine groups is 1. The maximum atomic E-state index is 11.2. The summed E-state index contributed by atoms with van der Waals surface area (Å²) in [6, 6.07) is 8.99. The van der Waals surface area contributed by atoms with Crippen LogP contribution in [-0.2, 0) is 17.8 Å². The molecule has 0 spiro atoms. The molecule has 0 heterocycles. The van der Waals surface area contributed by atoms with Gasteiger partial charge >= 0.3 is 0 Å². The van der Waals surface area contributed by atoms with Crippen LogP contribution in [0.1, 0.15) is 49.7 Å². The summed E-state index contributed by atoms with van der Waals surface area (Å²) in [5, 5.41) is 0. The van der Waals surface area contributed by atoms with Crippen LogP contribution < -0.4 is 11.3 Å². The highest BCUT2D eigenvalue weighted by Crippen LogP contribution is 2.22. The highest BCUT2D eigenvalue weighted by Gasteiger charge is 2.16. The lowest BCUT2D eigenvalue weighted by Crippen LogP contribution is -2.31. The van der Waals surface area contributed by atoms with Crippen LogP contribution in [0.15, 0.2) is 24.3 Å². The van der Waals surface area contributed by atoms with Gasteiger partial charge in [0.05, 0.1) is 6.42 Å². The molecule has 0 unspecified atom stereocenters. The van der Waals surface area contributed by atoms with Crippen LogP contribution >= 0.6 is 0 Å². The maximum absolute atomic E-state index is 11.2. The number of rotatable bonds is 5. The first-order chi connectivity index (χ1) is 10.2. The monoisotopic (exact) mass is 289 g/mol. The van der Waals surface area contributed by atoms with Crippen molar-refractivity contribution in [2.24, 2.45) is 5.84 Å². The van der Waals surface area contributed by atoms with E-state index in [2.05, 4.69) is 29.5 Å². The number of hydrogen-bond donors (Lipinski definition) is 2. The Morgan fingerprint density at radius 3 is 2.29 bits per heavy atom. The Labute approximate surface area is 127 Å². The Balaban J connectivity index is 1.88. The normalized spacial score (nSPS) is 16.7. The van der Waals surface area contributed by atoms with Gasteiger partial charge in [-0.2, -0.15) is 0 Å². The Morgan fingerprint density at radius 2 is 1.71 bits per heavy atom. The molecule has 21 heavy (non-hydrogen) atoms. The zero-order valence-electron chi connectivity index (χ0n) is 13.0. The molecule has 116 valence electrons. The third kappa shape index (κ3) is 5.14. The van der Waals surface area contributed by atoms with Gasteiger partial charge in [-0.1, -0.05) is 49.9 Å². The second-order valence-corrected chi connectivity index (χ2v) is 6.12. The van der Waals surface area contributed by atoms with Gasteiger partial charge in [0.1, 0.15) is 0 Å². The quantitative estimate of drug-likeness (QED) is 0.379. The van der Waals surface area contributed by atoms with Crippen molar-refractivity contribution in [3.8, 4) is 0 Å². The van der Waals surface area contributed by atoms with Gasteiger partial charge in [-0.15, -0.1) is 0 Å². The van der Waals surface area contributed by atoms with Crippen molar-refractivity contribution in [2.45, 2.75) is 57.5 Å². The summed E-state index contributed by atoms with van der Waals surface area (Å²) >= 11 is 0. The molecule has 0 atom stereocenters. The Kier molecular flexibility index (Phi) is 6.21. The fourth-order valence-electron chi connectivity index (χ4n) is 3.11. The summed E-state index contributed by atoms with van der Waals surface area (Å²) in [4.78, 5) is 13.7. The zero-order chi connectivity index (χ0) is 15.1. The Morgan fingerprint density at radius 1 is 1.14 bits per heavy atom. The Bertz CT molecular complexity index is 436. The van der Waals surface area contributed by atoms with Gasteiger partial charge in [-0.05, 0) is 31.0 Å². The molecule has 0 aromatic heterocycles. The highest BCUT2D eigenvalue weighted by molar-refractivity contribution is 5.77. The van der Waals surface area contributed by atoms with Gasteiger partial charge in [-0.25, -0.2) is 5.84 Å². The molecule has 0 saturated heterocycles. The van der Waals surface area contributed by atoms with Gasteiger partial charge in [0, 0.05) is 12.6 Å². The standard InChI is InChI=1S/C17H27N3O/c1-20(16-6-4-2-3-5-7-16)13-15-10-8-14(9-11-15)12-17(21)19-18/h8-11,16H,2-7,12-13,18H2,1H3,(H,19,21). The van der Waals surface area contributed by atoms with Gasteiger partial charge in [0.15, 0.2) is 0 Å². The van der Waals surface area contributed by atoms with Crippen molar-refractivity contribution in [1.29, 1.82) is 0 Å². The van der Waals surface area contributed by atoms with Crippen molar-refractivity contribution < 1.29 is 4.79 Å². The van der Waals surface area contributed by atoms with Crippen LogP contribution in [0.2, 0.25) is 0 Å². The summed E-state index contributed by atoms with van der Waals surface area (Å²) in [5.74, 6) is 4.95. The molecule has 1 amide bonds. The topological polar surface area (TPSA) is 58.4 Å². The number of amides is 1. The number of nitrogens with two attached hydrogens (primary N) is 1. The van der Waals surface area contributed by atoms with E-state index in [1.165, 1.54) is 44.1 Å². The molecular formula is C17H27N3O. The molecule has 1 fully saturated rings. The van der Waals surface area contributed by atoms with E-state index in [9.17, 15) is 4.79 Å². The number of carbonyl (C=O) groups is 1. The summed E-state index contributed by atoms with van der Waals surface area (Å²) in [6.07, 6.45) is 8.50. The summed E-state index contributed by atoms with van der Waals surface area (Å²) in [5.41, 5.74) is 4.47. The predicted octanol–water partition coefficient (Wildman–Crippen LogP) is 2.37. The lowest BCUT2D eigenvalue weighted by Gasteiger charge is -2.27. The van der Waals surface area contributed by atoms with E-state index in [0.717, 1.165) is 18.2 Å². The smallest absolute Gasteiger partial charge is 0.238 e. The first kappa shape index (κ1) is 16.0. The largest absolute Gasteiger partial charge is 0.299 e. The number of hydrogen-bond acceptors (Lipinski definition) is 3. The molecule has 0 aliphatic heterocycles. The summed E-state index contributed by atoms with van der Waals surface area (Å²) < 4.78 is 0. The Hall–Kier alpha value is -1.39.